The minimum absolute atomic E-state index is 0.365. The predicted octanol–water partition coefficient (Wildman–Crippen LogP) is 5.03. The van der Waals surface area contributed by atoms with Crippen molar-refractivity contribution in [2.24, 2.45) is 11.7 Å². The van der Waals surface area contributed by atoms with Crippen molar-refractivity contribution in [2.75, 3.05) is 25.4 Å². The third-order valence-corrected chi connectivity index (χ3v) is 9.28. The molecule has 5 rings (SSSR count). The van der Waals surface area contributed by atoms with E-state index in [4.69, 9.17) is 5.73 Å². The molecule has 3 aromatic rings. The van der Waals surface area contributed by atoms with E-state index in [1.807, 2.05) is 19.2 Å². The van der Waals surface area contributed by atoms with Gasteiger partial charge < -0.3 is 16.0 Å². The van der Waals surface area contributed by atoms with Crippen LogP contribution >= 0.6 is 0 Å². The molecule has 0 bridgehead atoms. The van der Waals surface area contributed by atoms with Gasteiger partial charge in [0.15, 0.2) is 0 Å². The number of rotatable bonds is 8. The van der Waals surface area contributed by atoms with Gasteiger partial charge in [-0.1, -0.05) is 32.9 Å². The van der Waals surface area contributed by atoms with Gasteiger partial charge in [-0.05, 0) is 90.1 Å². The van der Waals surface area contributed by atoms with Crippen LogP contribution in [0.3, 0.4) is 0 Å². The number of aromatic nitrogens is 1. The van der Waals surface area contributed by atoms with Crippen molar-refractivity contribution in [1.29, 1.82) is 0 Å². The summed E-state index contributed by atoms with van der Waals surface area (Å²) in [5.41, 5.74) is 13.4. The van der Waals surface area contributed by atoms with Gasteiger partial charge in [-0.25, -0.2) is 8.51 Å². The number of aromatic amines is 1. The maximum Gasteiger partial charge on any atom is 0.250 e. The zero-order valence-corrected chi connectivity index (χ0v) is 22.4. The fourth-order valence-electron chi connectivity index (χ4n) is 5.88. The first-order valence-electron chi connectivity index (χ1n) is 13.3. The number of nitrogens with zero attached hydrogens (tertiary/aromatic N) is 1. The lowest BCUT2D eigenvalue weighted by Gasteiger charge is -2.30. The van der Waals surface area contributed by atoms with E-state index in [1.54, 1.807) is 0 Å². The number of aryl methyl sites for hydroxylation is 1. The Hall–Kier alpha value is -2.48. The molecule has 1 aliphatic carbocycles. The number of H-pyrrole nitrogens is 1. The number of amides is 1. The summed E-state index contributed by atoms with van der Waals surface area (Å²) in [6, 6.07) is 11.3. The number of benzene rings is 2. The molecule has 1 aliphatic heterocycles. The molecule has 6 nitrogen and oxygen atoms in total. The van der Waals surface area contributed by atoms with Crippen LogP contribution in [0.1, 0.15) is 79.0 Å². The van der Waals surface area contributed by atoms with Gasteiger partial charge in [-0.3, -0.25) is 4.79 Å². The van der Waals surface area contributed by atoms with Crippen LogP contribution in [0.15, 0.2) is 36.5 Å². The molecule has 36 heavy (non-hydrogen) atoms. The molecule has 7 heteroatoms. The Morgan fingerprint density at radius 1 is 1.14 bits per heavy atom. The Labute approximate surface area is 216 Å². The maximum atomic E-state index is 12.5. The second-order valence-corrected chi connectivity index (χ2v) is 12.4. The van der Waals surface area contributed by atoms with Crippen LogP contribution in [-0.4, -0.2) is 44.8 Å². The van der Waals surface area contributed by atoms with Gasteiger partial charge in [0.05, 0.1) is 22.1 Å². The summed E-state index contributed by atoms with van der Waals surface area (Å²) in [4.78, 5) is 15.8. The molecule has 2 aliphatic rings. The van der Waals surface area contributed by atoms with Crippen molar-refractivity contribution >= 4 is 27.8 Å². The van der Waals surface area contributed by atoms with Crippen LogP contribution in [0.2, 0.25) is 0 Å². The number of hydrogen-bond donors (Lipinski definition) is 3. The molecule has 1 amide bonds. The number of carbonyl (C=O) groups is 1. The molecule has 2 atom stereocenters. The fourth-order valence-corrected chi connectivity index (χ4v) is 6.86. The molecule has 2 heterocycles. The SMILES string of the molecule is CCS(=O)N1CCC(c2c[nH]c3c(C(N)=O)cc(-c4ccc5c(c4)C(NCC(C)C)CC5)cc23)CC1. The summed E-state index contributed by atoms with van der Waals surface area (Å²) in [5, 5.41) is 4.81. The van der Waals surface area contributed by atoms with E-state index in [0.29, 0.717) is 29.2 Å². The molecule has 4 N–H and O–H groups in total. The van der Waals surface area contributed by atoms with Crippen molar-refractivity contribution in [3.8, 4) is 11.1 Å². The van der Waals surface area contributed by atoms with Crippen molar-refractivity contribution in [2.45, 2.75) is 58.4 Å². The third kappa shape index (κ3) is 4.89. The van der Waals surface area contributed by atoms with Crippen LogP contribution in [0.4, 0.5) is 0 Å². The Kier molecular flexibility index (Phi) is 7.33. The van der Waals surface area contributed by atoms with Crippen LogP contribution < -0.4 is 11.1 Å². The highest BCUT2D eigenvalue weighted by Gasteiger charge is 2.27. The van der Waals surface area contributed by atoms with Gasteiger partial charge in [0.1, 0.15) is 0 Å². The number of fused-ring (bicyclic) bond motifs is 2. The Bertz CT molecular complexity index is 1290. The van der Waals surface area contributed by atoms with E-state index in [2.05, 4.69) is 52.7 Å². The van der Waals surface area contributed by atoms with Crippen molar-refractivity contribution in [1.82, 2.24) is 14.6 Å². The van der Waals surface area contributed by atoms with Crippen molar-refractivity contribution in [3.63, 3.8) is 0 Å². The van der Waals surface area contributed by atoms with E-state index in [9.17, 15) is 9.00 Å². The summed E-state index contributed by atoms with van der Waals surface area (Å²) in [7, 11) is -0.889. The molecule has 1 aromatic heterocycles. The smallest absolute Gasteiger partial charge is 0.250 e. The Balaban J connectivity index is 1.50. The van der Waals surface area contributed by atoms with Crippen molar-refractivity contribution < 1.29 is 9.00 Å². The number of piperidine rings is 1. The zero-order chi connectivity index (χ0) is 25.4. The minimum atomic E-state index is -0.889. The fraction of sp³-hybridized carbons (Fsp3) is 0.483. The zero-order valence-electron chi connectivity index (χ0n) is 21.6. The molecule has 2 unspecified atom stereocenters. The quantitative estimate of drug-likeness (QED) is 0.400. The van der Waals surface area contributed by atoms with Crippen LogP contribution in [0.25, 0.3) is 22.0 Å². The van der Waals surface area contributed by atoms with Gasteiger partial charge in [-0.15, -0.1) is 0 Å². The van der Waals surface area contributed by atoms with Crippen LogP contribution in [-0.2, 0) is 17.4 Å². The molecule has 0 spiro atoms. The van der Waals surface area contributed by atoms with E-state index < -0.39 is 16.9 Å². The summed E-state index contributed by atoms with van der Waals surface area (Å²) >= 11 is 0. The lowest BCUT2D eigenvalue weighted by Crippen LogP contribution is -2.35. The molecule has 1 saturated heterocycles. The maximum absolute atomic E-state index is 12.5. The van der Waals surface area contributed by atoms with Crippen molar-refractivity contribution in [3.05, 3.63) is 58.8 Å². The number of carbonyl (C=O) groups excluding carboxylic acids is 1. The topological polar surface area (TPSA) is 91.2 Å². The molecular weight excluding hydrogens is 468 g/mol. The molecule has 1 fully saturated rings. The lowest BCUT2D eigenvalue weighted by atomic mass is 9.88. The first-order valence-corrected chi connectivity index (χ1v) is 14.6. The first-order chi connectivity index (χ1) is 17.4. The molecule has 2 aromatic carbocycles. The van der Waals surface area contributed by atoms with Gasteiger partial charge in [0.25, 0.3) is 5.91 Å². The van der Waals surface area contributed by atoms with Crippen LogP contribution in [0, 0.1) is 5.92 Å². The lowest BCUT2D eigenvalue weighted by molar-refractivity contribution is 0.100. The number of nitrogens with one attached hydrogen (secondary N) is 2. The summed E-state index contributed by atoms with van der Waals surface area (Å²) < 4.78 is 14.3. The monoisotopic (exact) mass is 506 g/mol. The normalized spacial score (nSPS) is 19.7. The highest BCUT2D eigenvalue weighted by Crippen LogP contribution is 2.39. The summed E-state index contributed by atoms with van der Waals surface area (Å²) in [6.45, 7) is 9.11. The van der Waals surface area contributed by atoms with Gasteiger partial charge >= 0.3 is 0 Å². The molecule has 0 radical (unpaired) electrons. The molecule has 0 saturated carbocycles. The molecular formula is C29H38N4O2S. The second-order valence-electron chi connectivity index (χ2n) is 10.7. The summed E-state index contributed by atoms with van der Waals surface area (Å²) in [5.74, 6) is 1.22. The van der Waals surface area contributed by atoms with Gasteiger partial charge in [-0.2, -0.15) is 0 Å². The average Bonchev–Trinajstić information content (AvgIpc) is 3.50. The third-order valence-electron chi connectivity index (χ3n) is 7.84. The predicted molar refractivity (Wildman–Crippen MR) is 148 cm³/mol. The van der Waals surface area contributed by atoms with E-state index in [-0.39, 0.29) is 0 Å². The van der Waals surface area contributed by atoms with E-state index in [1.165, 1.54) is 16.7 Å². The average molecular weight is 507 g/mol. The number of hydrogen-bond acceptors (Lipinski definition) is 3. The largest absolute Gasteiger partial charge is 0.366 e. The van der Waals surface area contributed by atoms with E-state index >= 15 is 0 Å². The molecule has 192 valence electrons. The van der Waals surface area contributed by atoms with Crippen LogP contribution in [0.5, 0.6) is 0 Å². The highest BCUT2D eigenvalue weighted by molar-refractivity contribution is 7.82. The standard InChI is InChI=1S/C29H38N4O2S/c1-4-36(35)33-11-9-20(10-12-33)26-17-32-28-24(26)14-22(15-25(28)29(30)34)21-6-5-19-7-8-27(23(19)13-21)31-16-18(2)3/h5-6,13-15,17-18,20,27,31-32H,4,7-12,16H2,1-3H3,(H2,30,34). The van der Waals surface area contributed by atoms with Gasteiger partial charge in [0, 0.05) is 36.5 Å². The summed E-state index contributed by atoms with van der Waals surface area (Å²) in [6.07, 6.45) is 6.18. The Morgan fingerprint density at radius 2 is 1.92 bits per heavy atom. The first kappa shape index (κ1) is 25.2. The second kappa shape index (κ2) is 10.5. The number of primary amides is 1. The van der Waals surface area contributed by atoms with E-state index in [0.717, 1.165) is 67.3 Å². The minimum Gasteiger partial charge on any atom is -0.366 e. The highest BCUT2D eigenvalue weighted by atomic mass is 32.2. The number of nitrogens with two attached hydrogens (primary N) is 1. The Morgan fingerprint density at radius 3 is 2.61 bits per heavy atom. The van der Waals surface area contributed by atoms with Gasteiger partial charge in [0.2, 0.25) is 0 Å².